The smallest absolute Gasteiger partial charge is 0.133 e. The predicted octanol–water partition coefficient (Wildman–Crippen LogP) is 3.96. The van der Waals surface area contributed by atoms with Gasteiger partial charge in [0, 0.05) is 57.5 Å². The molecule has 0 aliphatic carbocycles. The van der Waals surface area contributed by atoms with Gasteiger partial charge in [-0.2, -0.15) is 0 Å². The first-order valence-electron chi connectivity index (χ1n) is 9.09. The van der Waals surface area contributed by atoms with Crippen LogP contribution in [0.3, 0.4) is 0 Å². The number of hydrogen-bond acceptors (Lipinski definition) is 3. The second kappa shape index (κ2) is 8.71. The Morgan fingerprint density at radius 2 is 1.69 bits per heavy atom. The second-order valence-corrected chi connectivity index (χ2v) is 6.79. The van der Waals surface area contributed by atoms with Gasteiger partial charge >= 0.3 is 0 Å². The van der Waals surface area contributed by atoms with Crippen molar-refractivity contribution in [2.75, 3.05) is 46.4 Å². The van der Waals surface area contributed by atoms with E-state index in [1.165, 1.54) is 17.7 Å². The Morgan fingerprint density at radius 3 is 2.31 bits per heavy atom. The molecule has 1 aliphatic heterocycles. The monoisotopic (exact) mass is 360 g/mol. The van der Waals surface area contributed by atoms with Crippen LogP contribution in [0.25, 0.3) is 11.1 Å². The zero-order valence-corrected chi connectivity index (χ0v) is 15.4. The zero-order valence-electron chi connectivity index (χ0n) is 15.4. The average molecular weight is 360 g/mol. The van der Waals surface area contributed by atoms with Crippen LogP contribution in [0, 0.1) is 11.6 Å². The highest BCUT2D eigenvalue weighted by Crippen LogP contribution is 2.27. The maximum Gasteiger partial charge on any atom is 0.133 e. The molecule has 26 heavy (non-hydrogen) atoms. The maximum atomic E-state index is 13.9. The first-order chi connectivity index (χ1) is 12.6. The molecule has 0 spiro atoms. The van der Waals surface area contributed by atoms with E-state index in [2.05, 4.69) is 16.7 Å². The minimum absolute atomic E-state index is 0.312. The fraction of sp³-hybridized carbons (Fsp3) is 0.429. The molecule has 1 fully saturated rings. The summed E-state index contributed by atoms with van der Waals surface area (Å²) in [5, 5.41) is 0. The van der Waals surface area contributed by atoms with Crippen LogP contribution in [-0.4, -0.2) is 56.2 Å². The number of ether oxygens (including phenoxy) is 1. The summed E-state index contributed by atoms with van der Waals surface area (Å²) >= 11 is 0. The standard InChI is InChI=1S/C21H26F2N2O/c1-16(25-11-9-24(10-12-25)13-14-26-2)17-3-5-18(6-4-17)20-8-7-19(22)15-21(20)23/h3-8,15-16H,9-14H2,1-2H3. The summed E-state index contributed by atoms with van der Waals surface area (Å²) in [5.41, 5.74) is 2.40. The molecule has 2 aromatic rings. The largest absolute Gasteiger partial charge is 0.383 e. The molecular formula is C21H26F2N2O. The lowest BCUT2D eigenvalue weighted by Gasteiger charge is -2.38. The van der Waals surface area contributed by atoms with Crippen molar-refractivity contribution in [1.82, 2.24) is 9.80 Å². The molecule has 0 saturated carbocycles. The molecule has 2 aromatic carbocycles. The van der Waals surface area contributed by atoms with E-state index < -0.39 is 11.6 Å². The molecule has 1 atom stereocenters. The molecule has 0 aromatic heterocycles. The molecule has 140 valence electrons. The Morgan fingerprint density at radius 1 is 1.00 bits per heavy atom. The summed E-state index contributed by atoms with van der Waals surface area (Å²) < 4.78 is 32.2. The second-order valence-electron chi connectivity index (χ2n) is 6.79. The van der Waals surface area contributed by atoms with Gasteiger partial charge in [0.25, 0.3) is 0 Å². The topological polar surface area (TPSA) is 15.7 Å². The van der Waals surface area contributed by atoms with Gasteiger partial charge in [0.15, 0.2) is 0 Å². The lowest BCUT2D eigenvalue weighted by molar-refractivity contribution is 0.0786. The number of rotatable bonds is 6. The third-order valence-corrected chi connectivity index (χ3v) is 5.20. The van der Waals surface area contributed by atoms with Gasteiger partial charge in [0.1, 0.15) is 11.6 Å². The van der Waals surface area contributed by atoms with Gasteiger partial charge in [0.2, 0.25) is 0 Å². The van der Waals surface area contributed by atoms with Gasteiger partial charge in [0.05, 0.1) is 6.61 Å². The molecule has 0 N–H and O–H groups in total. The first kappa shape index (κ1) is 19.0. The van der Waals surface area contributed by atoms with Gasteiger partial charge in [-0.1, -0.05) is 24.3 Å². The summed E-state index contributed by atoms with van der Waals surface area (Å²) in [6.07, 6.45) is 0. The minimum atomic E-state index is -0.555. The van der Waals surface area contributed by atoms with E-state index in [0.29, 0.717) is 11.6 Å². The third kappa shape index (κ3) is 4.47. The van der Waals surface area contributed by atoms with Crippen LogP contribution in [0.2, 0.25) is 0 Å². The maximum absolute atomic E-state index is 13.9. The van der Waals surface area contributed by atoms with Crippen LogP contribution in [0.15, 0.2) is 42.5 Å². The lowest BCUT2D eigenvalue weighted by atomic mass is 10.00. The Hall–Kier alpha value is -1.82. The highest BCUT2D eigenvalue weighted by molar-refractivity contribution is 5.64. The molecule has 3 nitrogen and oxygen atoms in total. The van der Waals surface area contributed by atoms with Gasteiger partial charge in [-0.15, -0.1) is 0 Å². The van der Waals surface area contributed by atoms with Crippen molar-refractivity contribution >= 4 is 0 Å². The fourth-order valence-corrected chi connectivity index (χ4v) is 3.47. The van der Waals surface area contributed by atoms with Crippen molar-refractivity contribution < 1.29 is 13.5 Å². The van der Waals surface area contributed by atoms with E-state index in [0.717, 1.165) is 51.0 Å². The molecule has 1 aliphatic rings. The Labute approximate surface area is 154 Å². The molecule has 0 bridgehead atoms. The van der Waals surface area contributed by atoms with Gasteiger partial charge < -0.3 is 4.74 Å². The fourth-order valence-electron chi connectivity index (χ4n) is 3.47. The minimum Gasteiger partial charge on any atom is -0.383 e. The van der Waals surface area contributed by atoms with E-state index in [1.54, 1.807) is 7.11 Å². The highest BCUT2D eigenvalue weighted by Gasteiger charge is 2.21. The number of piperazine rings is 1. The number of halogens is 2. The van der Waals surface area contributed by atoms with Crippen molar-refractivity contribution in [3.05, 3.63) is 59.7 Å². The third-order valence-electron chi connectivity index (χ3n) is 5.20. The number of hydrogen-bond donors (Lipinski definition) is 0. The van der Waals surface area contributed by atoms with Crippen LogP contribution in [-0.2, 0) is 4.74 Å². The van der Waals surface area contributed by atoms with E-state index in [4.69, 9.17) is 4.74 Å². The Balaban J connectivity index is 1.63. The summed E-state index contributed by atoms with van der Waals surface area (Å²) in [6, 6.07) is 11.9. The molecule has 3 rings (SSSR count). The van der Waals surface area contributed by atoms with E-state index >= 15 is 0 Å². The van der Waals surface area contributed by atoms with Crippen molar-refractivity contribution in [3.63, 3.8) is 0 Å². The van der Waals surface area contributed by atoms with Crippen LogP contribution in [0.5, 0.6) is 0 Å². The number of methoxy groups -OCH3 is 1. The van der Waals surface area contributed by atoms with Crippen molar-refractivity contribution in [2.45, 2.75) is 13.0 Å². The zero-order chi connectivity index (χ0) is 18.5. The number of nitrogens with zero attached hydrogens (tertiary/aromatic N) is 2. The van der Waals surface area contributed by atoms with E-state index in [9.17, 15) is 8.78 Å². The summed E-state index contributed by atoms with van der Waals surface area (Å²) in [4.78, 5) is 4.89. The molecule has 1 unspecified atom stereocenters. The Bertz CT molecular complexity index is 712. The van der Waals surface area contributed by atoms with Gasteiger partial charge in [-0.05, 0) is 30.2 Å². The van der Waals surface area contributed by atoms with Gasteiger partial charge in [-0.25, -0.2) is 8.78 Å². The van der Waals surface area contributed by atoms with Crippen LogP contribution >= 0.6 is 0 Å². The molecule has 0 radical (unpaired) electrons. The van der Waals surface area contributed by atoms with E-state index in [1.807, 2.05) is 24.3 Å². The predicted molar refractivity (Wildman–Crippen MR) is 100 cm³/mol. The SMILES string of the molecule is COCCN1CCN(C(C)c2ccc(-c3ccc(F)cc3F)cc2)CC1. The van der Waals surface area contributed by atoms with Crippen molar-refractivity contribution in [2.24, 2.45) is 0 Å². The Kier molecular flexibility index (Phi) is 6.35. The quantitative estimate of drug-likeness (QED) is 0.776. The van der Waals surface area contributed by atoms with Crippen molar-refractivity contribution in [1.29, 1.82) is 0 Å². The van der Waals surface area contributed by atoms with Crippen LogP contribution in [0.4, 0.5) is 8.78 Å². The lowest BCUT2D eigenvalue weighted by Crippen LogP contribution is -2.47. The van der Waals surface area contributed by atoms with E-state index in [-0.39, 0.29) is 0 Å². The molecular weight excluding hydrogens is 334 g/mol. The van der Waals surface area contributed by atoms with Crippen LogP contribution < -0.4 is 0 Å². The van der Waals surface area contributed by atoms with Gasteiger partial charge in [-0.3, -0.25) is 9.80 Å². The molecule has 0 amide bonds. The molecule has 5 heteroatoms. The van der Waals surface area contributed by atoms with Crippen molar-refractivity contribution in [3.8, 4) is 11.1 Å². The molecule has 1 saturated heterocycles. The summed E-state index contributed by atoms with van der Waals surface area (Å²) in [7, 11) is 1.74. The highest BCUT2D eigenvalue weighted by atomic mass is 19.1. The van der Waals surface area contributed by atoms with Crippen LogP contribution in [0.1, 0.15) is 18.5 Å². The normalized spacial score (nSPS) is 17.4. The molecule has 1 heterocycles. The summed E-state index contributed by atoms with van der Waals surface area (Å²) in [5.74, 6) is -1.08. The summed E-state index contributed by atoms with van der Waals surface area (Å²) in [6.45, 7) is 8.11. The average Bonchev–Trinajstić information content (AvgIpc) is 2.66. The first-order valence-corrected chi connectivity index (χ1v) is 9.09. The number of benzene rings is 2.